The van der Waals surface area contributed by atoms with Gasteiger partial charge in [-0.05, 0) is 25.0 Å². The van der Waals surface area contributed by atoms with Crippen LogP contribution in [0.25, 0.3) is 0 Å². The molecule has 0 unspecified atom stereocenters. The van der Waals surface area contributed by atoms with Crippen LogP contribution in [0.1, 0.15) is 22.7 Å². The van der Waals surface area contributed by atoms with Gasteiger partial charge >= 0.3 is 6.18 Å². The minimum atomic E-state index is -4.24. The van der Waals surface area contributed by atoms with Gasteiger partial charge in [-0.3, -0.25) is 4.90 Å². The summed E-state index contributed by atoms with van der Waals surface area (Å²) in [4.78, 5) is 1.52. The number of hydrogen-bond donors (Lipinski definition) is 1. The average molecular weight is 272 g/mol. The van der Waals surface area contributed by atoms with E-state index in [0.717, 1.165) is 5.56 Å². The van der Waals surface area contributed by atoms with Gasteiger partial charge in [0.2, 0.25) is 0 Å². The fraction of sp³-hybridized carbons (Fsp3) is 0.571. The summed E-state index contributed by atoms with van der Waals surface area (Å²) in [5.41, 5.74) is 2.07. The van der Waals surface area contributed by atoms with E-state index in [1.54, 1.807) is 19.1 Å². The molecular formula is C14H19F3N2. The number of rotatable bonds is 2. The zero-order valence-electron chi connectivity index (χ0n) is 11.2. The number of benzene rings is 1. The van der Waals surface area contributed by atoms with Gasteiger partial charge in [-0.25, -0.2) is 0 Å². The SMILES string of the molecule is Cc1ccc([C@@H](N2CCNCC2)C(F)(F)F)c(C)c1. The van der Waals surface area contributed by atoms with E-state index in [1.807, 2.05) is 13.0 Å². The topological polar surface area (TPSA) is 15.3 Å². The number of hydrogen-bond acceptors (Lipinski definition) is 2. The Morgan fingerprint density at radius 3 is 2.32 bits per heavy atom. The van der Waals surface area contributed by atoms with E-state index in [0.29, 0.717) is 37.3 Å². The van der Waals surface area contributed by atoms with E-state index in [-0.39, 0.29) is 0 Å². The van der Waals surface area contributed by atoms with E-state index in [2.05, 4.69) is 5.32 Å². The van der Waals surface area contributed by atoms with Crippen molar-refractivity contribution in [2.24, 2.45) is 0 Å². The number of alkyl halides is 3. The largest absolute Gasteiger partial charge is 0.408 e. The highest BCUT2D eigenvalue weighted by Gasteiger charge is 2.45. The van der Waals surface area contributed by atoms with E-state index < -0.39 is 12.2 Å². The predicted octanol–water partition coefficient (Wildman–Crippen LogP) is 2.81. The first-order chi connectivity index (χ1) is 8.89. The monoisotopic (exact) mass is 272 g/mol. The smallest absolute Gasteiger partial charge is 0.314 e. The molecule has 5 heteroatoms. The van der Waals surface area contributed by atoms with Crippen molar-refractivity contribution in [1.29, 1.82) is 0 Å². The summed E-state index contributed by atoms with van der Waals surface area (Å²) in [6.45, 7) is 5.72. The summed E-state index contributed by atoms with van der Waals surface area (Å²) in [6.07, 6.45) is -4.24. The molecule has 1 saturated heterocycles. The average Bonchev–Trinajstić information content (AvgIpc) is 2.32. The van der Waals surface area contributed by atoms with Crippen LogP contribution < -0.4 is 5.32 Å². The minimum Gasteiger partial charge on any atom is -0.314 e. The maximum absolute atomic E-state index is 13.4. The van der Waals surface area contributed by atoms with Gasteiger partial charge in [0.25, 0.3) is 0 Å². The van der Waals surface area contributed by atoms with E-state index in [9.17, 15) is 13.2 Å². The van der Waals surface area contributed by atoms with Gasteiger partial charge in [0, 0.05) is 26.2 Å². The number of aryl methyl sites for hydroxylation is 2. The Morgan fingerprint density at radius 2 is 1.79 bits per heavy atom. The molecule has 2 nitrogen and oxygen atoms in total. The molecule has 0 radical (unpaired) electrons. The van der Waals surface area contributed by atoms with Gasteiger partial charge in [-0.1, -0.05) is 23.8 Å². The van der Waals surface area contributed by atoms with Crippen LogP contribution >= 0.6 is 0 Å². The third-order valence-corrected chi connectivity index (χ3v) is 3.55. The predicted molar refractivity (Wildman–Crippen MR) is 69.2 cm³/mol. The van der Waals surface area contributed by atoms with Crippen molar-refractivity contribution in [2.45, 2.75) is 26.1 Å². The Bertz CT molecular complexity index is 437. The summed E-state index contributed by atoms with van der Waals surface area (Å²) < 4.78 is 40.2. The van der Waals surface area contributed by atoms with Gasteiger partial charge in [0.15, 0.2) is 0 Å². The maximum atomic E-state index is 13.4. The molecule has 1 aromatic carbocycles. The van der Waals surface area contributed by atoms with Crippen molar-refractivity contribution in [1.82, 2.24) is 10.2 Å². The Morgan fingerprint density at radius 1 is 1.16 bits per heavy atom. The lowest BCUT2D eigenvalue weighted by molar-refractivity contribution is -0.188. The van der Waals surface area contributed by atoms with Crippen LogP contribution in [0.2, 0.25) is 0 Å². The van der Waals surface area contributed by atoms with Crippen LogP contribution in [0.5, 0.6) is 0 Å². The second-order valence-corrected chi connectivity index (χ2v) is 5.09. The van der Waals surface area contributed by atoms with Crippen LogP contribution in [0.3, 0.4) is 0 Å². The highest BCUT2D eigenvalue weighted by molar-refractivity contribution is 5.33. The van der Waals surface area contributed by atoms with Gasteiger partial charge in [-0.15, -0.1) is 0 Å². The van der Waals surface area contributed by atoms with Gasteiger partial charge in [0.05, 0.1) is 0 Å². The van der Waals surface area contributed by atoms with E-state index in [1.165, 1.54) is 4.90 Å². The van der Waals surface area contributed by atoms with Crippen molar-refractivity contribution in [3.8, 4) is 0 Å². The van der Waals surface area contributed by atoms with Crippen molar-refractivity contribution >= 4 is 0 Å². The Balaban J connectivity index is 2.36. The van der Waals surface area contributed by atoms with Crippen molar-refractivity contribution in [3.63, 3.8) is 0 Å². The lowest BCUT2D eigenvalue weighted by Crippen LogP contribution is -2.49. The molecule has 106 valence electrons. The maximum Gasteiger partial charge on any atom is 0.408 e. The molecule has 19 heavy (non-hydrogen) atoms. The van der Waals surface area contributed by atoms with Crippen LogP contribution in [-0.2, 0) is 0 Å². The normalized spacial score (nSPS) is 19.4. The lowest BCUT2D eigenvalue weighted by atomic mass is 9.97. The molecule has 0 bridgehead atoms. The summed E-state index contributed by atoms with van der Waals surface area (Å²) in [5.74, 6) is 0. The number of nitrogens with one attached hydrogen (secondary N) is 1. The number of nitrogens with zero attached hydrogens (tertiary/aromatic N) is 1. The van der Waals surface area contributed by atoms with Gasteiger partial charge in [-0.2, -0.15) is 13.2 Å². The summed E-state index contributed by atoms with van der Waals surface area (Å²) >= 11 is 0. The third kappa shape index (κ3) is 3.28. The van der Waals surface area contributed by atoms with Crippen molar-refractivity contribution < 1.29 is 13.2 Å². The van der Waals surface area contributed by atoms with Crippen LogP contribution in [0, 0.1) is 13.8 Å². The molecule has 0 spiro atoms. The van der Waals surface area contributed by atoms with Crippen LogP contribution in [0.4, 0.5) is 13.2 Å². The second kappa shape index (κ2) is 5.51. The fourth-order valence-corrected chi connectivity index (χ4v) is 2.65. The Kier molecular flexibility index (Phi) is 4.16. The van der Waals surface area contributed by atoms with E-state index in [4.69, 9.17) is 0 Å². The van der Waals surface area contributed by atoms with Crippen molar-refractivity contribution in [2.75, 3.05) is 26.2 Å². The molecular weight excluding hydrogens is 253 g/mol. The van der Waals surface area contributed by atoms with Crippen LogP contribution in [0.15, 0.2) is 18.2 Å². The number of halogens is 3. The Hall–Kier alpha value is -1.07. The zero-order valence-corrected chi connectivity index (χ0v) is 11.2. The van der Waals surface area contributed by atoms with Crippen molar-refractivity contribution in [3.05, 3.63) is 34.9 Å². The zero-order chi connectivity index (χ0) is 14.0. The molecule has 1 heterocycles. The lowest BCUT2D eigenvalue weighted by Gasteiger charge is -2.36. The van der Waals surface area contributed by atoms with Crippen LogP contribution in [-0.4, -0.2) is 37.3 Å². The number of piperazine rings is 1. The van der Waals surface area contributed by atoms with Gasteiger partial charge < -0.3 is 5.32 Å². The molecule has 0 amide bonds. The summed E-state index contributed by atoms with van der Waals surface area (Å²) in [5, 5.41) is 3.09. The second-order valence-electron chi connectivity index (χ2n) is 5.09. The first-order valence-electron chi connectivity index (χ1n) is 6.48. The standard InChI is InChI=1S/C14H19F3N2/c1-10-3-4-12(11(2)9-10)13(14(15,16)17)19-7-5-18-6-8-19/h3-4,9,13,18H,5-8H2,1-2H3/t13-/m1/s1. The highest BCUT2D eigenvalue weighted by atomic mass is 19.4. The first kappa shape index (κ1) is 14.3. The highest BCUT2D eigenvalue weighted by Crippen LogP contribution is 2.39. The molecule has 1 aliphatic rings. The molecule has 0 saturated carbocycles. The summed E-state index contributed by atoms with van der Waals surface area (Å²) in [7, 11) is 0. The molecule has 1 N–H and O–H groups in total. The first-order valence-corrected chi connectivity index (χ1v) is 6.48. The van der Waals surface area contributed by atoms with E-state index >= 15 is 0 Å². The molecule has 1 aromatic rings. The molecule has 2 rings (SSSR count). The molecule has 1 fully saturated rings. The quantitative estimate of drug-likeness (QED) is 0.890. The molecule has 0 aromatic heterocycles. The molecule has 1 atom stereocenters. The molecule has 0 aliphatic carbocycles. The Labute approximate surface area is 111 Å². The fourth-order valence-electron chi connectivity index (χ4n) is 2.65. The minimum absolute atomic E-state index is 0.375. The third-order valence-electron chi connectivity index (χ3n) is 3.55. The summed E-state index contributed by atoms with van der Waals surface area (Å²) in [6, 6.07) is 3.69. The van der Waals surface area contributed by atoms with Gasteiger partial charge in [0.1, 0.15) is 6.04 Å². The molecule has 1 aliphatic heterocycles.